The van der Waals surface area contributed by atoms with Crippen LogP contribution in [0.4, 0.5) is 5.69 Å². The van der Waals surface area contributed by atoms with Crippen molar-refractivity contribution in [3.63, 3.8) is 0 Å². The van der Waals surface area contributed by atoms with Gasteiger partial charge in [-0.1, -0.05) is 37.3 Å². The zero-order valence-electron chi connectivity index (χ0n) is 15.0. The lowest BCUT2D eigenvalue weighted by molar-refractivity contribution is 0.0743. The van der Waals surface area contributed by atoms with E-state index < -0.39 is 10.0 Å². The van der Waals surface area contributed by atoms with Crippen molar-refractivity contribution >= 4 is 21.6 Å². The average Bonchev–Trinajstić information content (AvgIpc) is 3.01. The first-order chi connectivity index (χ1) is 12.5. The summed E-state index contributed by atoms with van der Waals surface area (Å²) in [5, 5.41) is 0. The minimum absolute atomic E-state index is 0.0356. The second-order valence-corrected chi connectivity index (χ2v) is 8.51. The number of nitrogens with zero attached hydrogens (tertiary/aromatic N) is 2. The average molecular weight is 372 g/mol. The van der Waals surface area contributed by atoms with Gasteiger partial charge in [0.25, 0.3) is 5.91 Å². The first-order valence-corrected chi connectivity index (χ1v) is 10.6. The van der Waals surface area contributed by atoms with E-state index in [1.165, 1.54) is 4.31 Å². The van der Waals surface area contributed by atoms with Gasteiger partial charge >= 0.3 is 0 Å². The van der Waals surface area contributed by atoms with Crippen molar-refractivity contribution in [2.75, 3.05) is 23.1 Å². The Morgan fingerprint density at radius 3 is 2.35 bits per heavy atom. The van der Waals surface area contributed by atoms with Crippen molar-refractivity contribution in [1.82, 2.24) is 4.90 Å². The topological polar surface area (TPSA) is 57.7 Å². The SMILES string of the molecule is CCCN(Cc1ccccc1)C(=O)c1ccc(N2CCCS2(=O)=O)cc1. The highest BCUT2D eigenvalue weighted by molar-refractivity contribution is 7.93. The Morgan fingerprint density at radius 1 is 1.08 bits per heavy atom. The molecule has 0 aliphatic carbocycles. The van der Waals surface area contributed by atoms with Gasteiger partial charge in [-0.25, -0.2) is 8.42 Å². The highest BCUT2D eigenvalue weighted by Gasteiger charge is 2.28. The van der Waals surface area contributed by atoms with Gasteiger partial charge in [-0.05, 0) is 42.7 Å². The molecule has 2 aromatic carbocycles. The Hall–Kier alpha value is -2.34. The van der Waals surface area contributed by atoms with Gasteiger partial charge in [-0.3, -0.25) is 9.10 Å². The van der Waals surface area contributed by atoms with Crippen molar-refractivity contribution in [1.29, 1.82) is 0 Å². The van der Waals surface area contributed by atoms with Crippen molar-refractivity contribution in [2.24, 2.45) is 0 Å². The van der Waals surface area contributed by atoms with Crippen LogP contribution < -0.4 is 4.31 Å². The number of benzene rings is 2. The quantitative estimate of drug-likeness (QED) is 0.782. The van der Waals surface area contributed by atoms with Gasteiger partial charge in [0.05, 0.1) is 11.4 Å². The number of carbonyl (C=O) groups is 1. The number of anilines is 1. The number of hydrogen-bond donors (Lipinski definition) is 0. The molecule has 1 fully saturated rings. The summed E-state index contributed by atoms with van der Waals surface area (Å²) in [5.74, 6) is 0.154. The number of hydrogen-bond acceptors (Lipinski definition) is 3. The van der Waals surface area contributed by atoms with Crippen LogP contribution in [0.2, 0.25) is 0 Å². The van der Waals surface area contributed by atoms with Crippen LogP contribution in [0.3, 0.4) is 0 Å². The monoisotopic (exact) mass is 372 g/mol. The molecule has 0 atom stereocenters. The zero-order valence-corrected chi connectivity index (χ0v) is 15.8. The highest BCUT2D eigenvalue weighted by atomic mass is 32.2. The minimum Gasteiger partial charge on any atom is -0.334 e. The van der Waals surface area contributed by atoms with Crippen LogP contribution in [-0.2, 0) is 16.6 Å². The molecule has 0 radical (unpaired) electrons. The highest BCUT2D eigenvalue weighted by Crippen LogP contribution is 2.24. The fourth-order valence-electron chi connectivity index (χ4n) is 3.21. The predicted octanol–water partition coefficient (Wildman–Crippen LogP) is 3.28. The summed E-state index contributed by atoms with van der Waals surface area (Å²) in [5.41, 5.74) is 2.30. The molecule has 1 saturated heterocycles. The van der Waals surface area contributed by atoms with Gasteiger partial charge in [0, 0.05) is 25.2 Å². The zero-order chi connectivity index (χ0) is 18.6. The molecule has 0 aromatic heterocycles. The van der Waals surface area contributed by atoms with Gasteiger partial charge in [0.2, 0.25) is 10.0 Å². The largest absolute Gasteiger partial charge is 0.334 e. The lowest BCUT2D eigenvalue weighted by atomic mass is 10.1. The summed E-state index contributed by atoms with van der Waals surface area (Å²) in [6.45, 7) is 3.80. The first kappa shape index (κ1) is 18.5. The van der Waals surface area contributed by atoms with Crippen LogP contribution in [-0.4, -0.2) is 38.1 Å². The molecule has 1 aliphatic heterocycles. The molecule has 1 heterocycles. The predicted molar refractivity (Wildman–Crippen MR) is 104 cm³/mol. The van der Waals surface area contributed by atoms with E-state index in [1.807, 2.05) is 42.2 Å². The third kappa shape index (κ3) is 4.07. The molecule has 5 nitrogen and oxygen atoms in total. The van der Waals surface area contributed by atoms with Gasteiger partial charge in [0.1, 0.15) is 0 Å². The molecule has 0 bridgehead atoms. The van der Waals surface area contributed by atoms with Crippen molar-refractivity contribution in [3.8, 4) is 0 Å². The number of sulfonamides is 1. The number of amides is 1. The van der Waals surface area contributed by atoms with E-state index in [1.54, 1.807) is 24.3 Å². The van der Waals surface area contributed by atoms with E-state index in [0.717, 1.165) is 12.0 Å². The Kier molecular flexibility index (Phi) is 5.61. The van der Waals surface area contributed by atoms with Crippen molar-refractivity contribution in [3.05, 3.63) is 65.7 Å². The first-order valence-electron chi connectivity index (χ1n) is 8.95. The summed E-state index contributed by atoms with van der Waals surface area (Å²) >= 11 is 0. The second-order valence-electron chi connectivity index (χ2n) is 6.50. The van der Waals surface area contributed by atoms with E-state index in [-0.39, 0.29) is 11.7 Å². The summed E-state index contributed by atoms with van der Waals surface area (Å²) in [7, 11) is -3.20. The maximum absolute atomic E-state index is 12.9. The smallest absolute Gasteiger partial charge is 0.254 e. The van der Waals surface area contributed by atoms with E-state index in [4.69, 9.17) is 0 Å². The summed E-state index contributed by atoms with van der Waals surface area (Å²) < 4.78 is 25.5. The molecule has 138 valence electrons. The molecular weight excluding hydrogens is 348 g/mol. The third-order valence-electron chi connectivity index (χ3n) is 4.50. The number of rotatable bonds is 6. The normalized spacial score (nSPS) is 15.8. The van der Waals surface area contributed by atoms with Gasteiger partial charge in [-0.15, -0.1) is 0 Å². The molecule has 6 heteroatoms. The van der Waals surface area contributed by atoms with Crippen LogP contribution in [0.5, 0.6) is 0 Å². The molecule has 1 aliphatic rings. The Labute approximate surface area is 155 Å². The third-order valence-corrected chi connectivity index (χ3v) is 6.37. The fraction of sp³-hybridized carbons (Fsp3) is 0.350. The maximum atomic E-state index is 12.9. The number of carbonyl (C=O) groups excluding carboxylic acids is 1. The molecule has 2 aromatic rings. The Balaban J connectivity index is 1.77. The molecule has 3 rings (SSSR count). The van der Waals surface area contributed by atoms with Crippen LogP contribution in [0.15, 0.2) is 54.6 Å². The Bertz CT molecular complexity index is 848. The molecule has 0 saturated carbocycles. The molecule has 1 amide bonds. The standard InChI is InChI=1S/C20H24N2O3S/c1-2-13-21(16-17-7-4-3-5-8-17)20(23)18-9-11-19(12-10-18)22-14-6-15-26(22,24)25/h3-5,7-12H,2,6,13-16H2,1H3. The van der Waals surface area contributed by atoms with Crippen LogP contribution >= 0.6 is 0 Å². The van der Waals surface area contributed by atoms with E-state index in [2.05, 4.69) is 0 Å². The lowest BCUT2D eigenvalue weighted by Crippen LogP contribution is -2.31. The second kappa shape index (κ2) is 7.91. The van der Waals surface area contributed by atoms with Gasteiger partial charge in [-0.2, -0.15) is 0 Å². The molecular formula is C20H24N2O3S. The van der Waals surface area contributed by atoms with E-state index in [0.29, 0.717) is 37.3 Å². The molecule has 0 N–H and O–H groups in total. The summed E-state index contributed by atoms with van der Waals surface area (Å²) in [6, 6.07) is 16.8. The Morgan fingerprint density at radius 2 is 1.77 bits per heavy atom. The van der Waals surface area contributed by atoms with Crippen LogP contribution in [0.1, 0.15) is 35.7 Å². The maximum Gasteiger partial charge on any atom is 0.254 e. The summed E-state index contributed by atoms with van der Waals surface area (Å²) in [4.78, 5) is 14.7. The van der Waals surface area contributed by atoms with Crippen molar-refractivity contribution < 1.29 is 13.2 Å². The van der Waals surface area contributed by atoms with Crippen LogP contribution in [0, 0.1) is 0 Å². The molecule has 26 heavy (non-hydrogen) atoms. The van der Waals surface area contributed by atoms with Gasteiger partial charge < -0.3 is 4.90 Å². The summed E-state index contributed by atoms with van der Waals surface area (Å²) in [6.07, 6.45) is 1.52. The van der Waals surface area contributed by atoms with Gasteiger partial charge in [0.15, 0.2) is 0 Å². The van der Waals surface area contributed by atoms with Crippen LogP contribution in [0.25, 0.3) is 0 Å². The van der Waals surface area contributed by atoms with E-state index >= 15 is 0 Å². The molecule has 0 spiro atoms. The lowest BCUT2D eigenvalue weighted by Gasteiger charge is -2.23. The van der Waals surface area contributed by atoms with E-state index in [9.17, 15) is 13.2 Å². The van der Waals surface area contributed by atoms with Crippen molar-refractivity contribution in [2.45, 2.75) is 26.3 Å². The minimum atomic E-state index is -3.20. The fourth-order valence-corrected chi connectivity index (χ4v) is 4.77. The molecule has 0 unspecified atom stereocenters.